The van der Waals surface area contributed by atoms with Crippen LogP contribution >= 0.6 is 23.5 Å². The highest BCUT2D eigenvalue weighted by Crippen LogP contribution is 2.40. The van der Waals surface area contributed by atoms with Crippen LogP contribution in [-0.2, 0) is 9.53 Å². The number of carbonyl (C=O) groups is 2. The first-order chi connectivity index (χ1) is 12.0. The zero-order valence-electron chi connectivity index (χ0n) is 14.3. The lowest BCUT2D eigenvalue weighted by molar-refractivity contribution is -0.136. The van der Waals surface area contributed by atoms with Crippen LogP contribution in [0, 0.1) is 0 Å². The van der Waals surface area contributed by atoms with Gasteiger partial charge in [0.15, 0.2) is 0 Å². The zero-order valence-corrected chi connectivity index (χ0v) is 15.9. The third kappa shape index (κ3) is 4.33. The lowest BCUT2D eigenvalue weighted by Crippen LogP contribution is -2.51. The normalized spacial score (nSPS) is 21.1. The number of benzene rings is 1. The van der Waals surface area contributed by atoms with E-state index in [1.807, 2.05) is 34.9 Å². The number of hydrogen-bond donors (Lipinski definition) is 1. The van der Waals surface area contributed by atoms with Crippen molar-refractivity contribution in [1.82, 2.24) is 4.90 Å². The minimum Gasteiger partial charge on any atom is -0.480 e. The molecule has 0 bridgehead atoms. The van der Waals surface area contributed by atoms with Crippen LogP contribution in [0.4, 0.5) is 0 Å². The molecule has 5 nitrogen and oxygen atoms in total. The number of hydrogen-bond acceptors (Lipinski definition) is 5. The fraction of sp³-hybridized carbons (Fsp3) is 0.556. The van der Waals surface area contributed by atoms with E-state index in [9.17, 15) is 9.59 Å². The summed E-state index contributed by atoms with van der Waals surface area (Å²) < 4.78 is 5.60. The third-order valence-electron chi connectivity index (χ3n) is 4.71. The zero-order chi connectivity index (χ0) is 17.9. The van der Waals surface area contributed by atoms with Crippen LogP contribution in [-0.4, -0.2) is 63.9 Å². The van der Waals surface area contributed by atoms with Crippen molar-refractivity contribution in [2.45, 2.75) is 34.7 Å². The first-order valence-corrected chi connectivity index (χ1v) is 10.4. The molecule has 1 atom stereocenters. The van der Waals surface area contributed by atoms with Gasteiger partial charge in [0.05, 0.1) is 5.56 Å². The topological polar surface area (TPSA) is 66.8 Å². The Kier molecular flexibility index (Phi) is 5.96. The number of carboxylic acid groups (broad SMARTS) is 1. The predicted molar refractivity (Wildman–Crippen MR) is 101 cm³/mol. The molecule has 1 spiro atoms. The Balaban J connectivity index is 1.77. The fourth-order valence-electron chi connectivity index (χ4n) is 3.22. The SMILES string of the molecule is CC(Sc1ccccc1C(=O)N1CCSC2(CCOCC2)C1)C(=O)O. The largest absolute Gasteiger partial charge is 0.480 e. The number of aliphatic carboxylic acids is 1. The van der Waals surface area contributed by atoms with Crippen molar-refractivity contribution >= 4 is 35.4 Å². The van der Waals surface area contributed by atoms with E-state index < -0.39 is 11.2 Å². The van der Waals surface area contributed by atoms with Crippen molar-refractivity contribution < 1.29 is 19.4 Å². The van der Waals surface area contributed by atoms with Gasteiger partial charge in [0.2, 0.25) is 0 Å². The van der Waals surface area contributed by atoms with Crippen molar-refractivity contribution in [3.8, 4) is 0 Å². The van der Waals surface area contributed by atoms with Gasteiger partial charge in [0.25, 0.3) is 5.91 Å². The molecule has 1 amide bonds. The van der Waals surface area contributed by atoms with Gasteiger partial charge in [-0.05, 0) is 31.9 Å². The Morgan fingerprint density at radius 1 is 1.32 bits per heavy atom. The number of carboxylic acids is 1. The Hall–Kier alpha value is -1.18. The van der Waals surface area contributed by atoms with Crippen molar-refractivity contribution in [3.05, 3.63) is 29.8 Å². The maximum absolute atomic E-state index is 13.1. The minimum absolute atomic E-state index is 0.00635. The molecule has 0 aromatic heterocycles. The third-order valence-corrected chi connectivity index (χ3v) is 7.41. The highest BCUT2D eigenvalue weighted by atomic mass is 32.2. The highest BCUT2D eigenvalue weighted by molar-refractivity contribution is 8.01. The summed E-state index contributed by atoms with van der Waals surface area (Å²) in [5.41, 5.74) is 0.606. The maximum atomic E-state index is 13.1. The van der Waals surface area contributed by atoms with Gasteiger partial charge >= 0.3 is 5.97 Å². The van der Waals surface area contributed by atoms with Crippen LogP contribution in [0.15, 0.2) is 29.2 Å². The summed E-state index contributed by atoms with van der Waals surface area (Å²) in [6, 6.07) is 7.32. The maximum Gasteiger partial charge on any atom is 0.316 e. The molecule has 2 heterocycles. The summed E-state index contributed by atoms with van der Waals surface area (Å²) in [6.45, 7) is 4.64. The smallest absolute Gasteiger partial charge is 0.316 e. The molecule has 2 saturated heterocycles. The molecule has 1 aromatic carbocycles. The number of carbonyl (C=O) groups excluding carboxylic acids is 1. The minimum atomic E-state index is -0.872. The van der Waals surface area contributed by atoms with Crippen molar-refractivity contribution in [3.63, 3.8) is 0 Å². The summed E-state index contributed by atoms with van der Waals surface area (Å²) in [4.78, 5) is 27.0. The summed E-state index contributed by atoms with van der Waals surface area (Å²) in [5.74, 6) is 0.0710. The van der Waals surface area contributed by atoms with Gasteiger partial charge in [-0.1, -0.05) is 12.1 Å². The van der Waals surface area contributed by atoms with E-state index in [4.69, 9.17) is 9.84 Å². The number of nitrogens with zero attached hydrogens (tertiary/aromatic N) is 1. The average molecular weight is 382 g/mol. The van der Waals surface area contributed by atoms with Crippen molar-refractivity contribution in [2.75, 3.05) is 32.1 Å². The van der Waals surface area contributed by atoms with E-state index >= 15 is 0 Å². The quantitative estimate of drug-likeness (QED) is 0.809. The second-order valence-corrected chi connectivity index (χ2v) is 9.41. The molecule has 25 heavy (non-hydrogen) atoms. The van der Waals surface area contributed by atoms with Gasteiger partial charge < -0.3 is 14.7 Å². The molecule has 1 aromatic rings. The molecule has 0 radical (unpaired) electrons. The average Bonchev–Trinajstić information content (AvgIpc) is 2.62. The molecule has 3 rings (SSSR count). The Morgan fingerprint density at radius 3 is 2.76 bits per heavy atom. The second-order valence-electron chi connectivity index (χ2n) is 6.47. The Morgan fingerprint density at radius 2 is 2.04 bits per heavy atom. The summed E-state index contributed by atoms with van der Waals surface area (Å²) in [5, 5.41) is 8.57. The first-order valence-electron chi connectivity index (χ1n) is 8.50. The molecular weight excluding hydrogens is 358 g/mol. The molecule has 0 aliphatic carbocycles. The standard InChI is InChI=1S/C18H23NO4S2/c1-13(17(21)22)25-15-5-3-2-4-14(15)16(20)19-8-11-24-18(12-19)6-9-23-10-7-18/h2-5,13H,6-12H2,1H3,(H,21,22). The molecule has 1 unspecified atom stereocenters. The number of amides is 1. The molecule has 2 aliphatic rings. The van der Waals surface area contributed by atoms with Gasteiger partial charge in [-0.15, -0.1) is 11.8 Å². The molecule has 136 valence electrons. The van der Waals surface area contributed by atoms with Crippen LogP contribution < -0.4 is 0 Å². The van der Waals surface area contributed by atoms with E-state index in [1.54, 1.807) is 13.0 Å². The van der Waals surface area contributed by atoms with E-state index in [2.05, 4.69) is 0 Å². The van der Waals surface area contributed by atoms with Crippen LogP contribution in [0.2, 0.25) is 0 Å². The van der Waals surface area contributed by atoms with Crippen molar-refractivity contribution in [1.29, 1.82) is 0 Å². The van der Waals surface area contributed by atoms with Gasteiger partial charge in [-0.25, -0.2) is 0 Å². The molecular formula is C18H23NO4S2. The molecule has 1 N–H and O–H groups in total. The fourth-order valence-corrected chi connectivity index (χ4v) is 5.59. The van der Waals surface area contributed by atoms with E-state index in [0.29, 0.717) is 5.56 Å². The molecule has 2 fully saturated rings. The van der Waals surface area contributed by atoms with Crippen molar-refractivity contribution in [2.24, 2.45) is 0 Å². The van der Waals surface area contributed by atoms with E-state index in [0.717, 1.165) is 49.8 Å². The van der Waals surface area contributed by atoms with Gasteiger partial charge in [0.1, 0.15) is 5.25 Å². The van der Waals surface area contributed by atoms with E-state index in [-0.39, 0.29) is 10.7 Å². The lowest BCUT2D eigenvalue weighted by Gasteiger charge is -2.44. The van der Waals surface area contributed by atoms with Crippen LogP contribution in [0.3, 0.4) is 0 Å². The lowest BCUT2D eigenvalue weighted by atomic mass is 9.97. The Labute approximate surface area is 156 Å². The van der Waals surface area contributed by atoms with Gasteiger partial charge in [-0.3, -0.25) is 9.59 Å². The van der Waals surface area contributed by atoms with Crippen LogP contribution in [0.1, 0.15) is 30.1 Å². The van der Waals surface area contributed by atoms with E-state index in [1.165, 1.54) is 11.8 Å². The highest BCUT2D eigenvalue weighted by Gasteiger charge is 2.39. The number of rotatable bonds is 4. The number of ether oxygens (including phenoxy) is 1. The molecule has 2 aliphatic heterocycles. The van der Waals surface area contributed by atoms with Gasteiger partial charge in [-0.2, -0.15) is 11.8 Å². The summed E-state index contributed by atoms with van der Waals surface area (Å²) in [6.07, 6.45) is 1.96. The second kappa shape index (κ2) is 8.01. The van der Waals surface area contributed by atoms with Crippen LogP contribution in [0.25, 0.3) is 0 Å². The predicted octanol–water partition coefficient (Wildman–Crippen LogP) is 2.99. The number of thioether (sulfide) groups is 2. The molecule has 7 heteroatoms. The van der Waals surface area contributed by atoms with Gasteiger partial charge in [0, 0.05) is 41.7 Å². The summed E-state index contributed by atoms with van der Waals surface area (Å²) in [7, 11) is 0. The first kappa shape index (κ1) is 18.6. The van der Waals surface area contributed by atoms with Crippen LogP contribution in [0.5, 0.6) is 0 Å². The summed E-state index contributed by atoms with van der Waals surface area (Å²) >= 11 is 3.19. The monoisotopic (exact) mass is 381 g/mol. The Bertz CT molecular complexity index is 640. The molecule has 0 saturated carbocycles.